The van der Waals surface area contributed by atoms with Crippen molar-refractivity contribution in [1.82, 2.24) is 0 Å². The number of ether oxygens (including phenoxy) is 6. The number of aliphatic hydroxyl groups excluding tert-OH is 1. The van der Waals surface area contributed by atoms with Gasteiger partial charge in [-0.3, -0.25) is 24.0 Å². The first-order valence-electron chi connectivity index (χ1n) is 19.0. The zero-order valence-corrected chi connectivity index (χ0v) is 31.4. The van der Waals surface area contributed by atoms with Gasteiger partial charge in [-0.1, -0.05) is 6.58 Å². The van der Waals surface area contributed by atoms with Crippen LogP contribution in [0, 0.1) is 85.7 Å². The molecule has 3 saturated heterocycles. The summed E-state index contributed by atoms with van der Waals surface area (Å²) in [6.45, 7) is 5.14. The van der Waals surface area contributed by atoms with E-state index in [0.29, 0.717) is 50.0 Å². The minimum absolute atomic E-state index is 0.00343. The molecule has 0 aromatic carbocycles. The minimum atomic E-state index is -1.03. The highest BCUT2D eigenvalue weighted by atomic mass is 35.5. The predicted molar refractivity (Wildman–Crippen MR) is 183 cm³/mol. The molecule has 9 rings (SSSR count). The van der Waals surface area contributed by atoms with E-state index in [1.165, 1.54) is 0 Å². The number of nitrogens with zero attached hydrogens (tertiary/aromatic N) is 3. The highest BCUT2D eigenvalue weighted by molar-refractivity contribution is 6.17. The first-order chi connectivity index (χ1) is 26.7. The average molecular weight is 796 g/mol. The van der Waals surface area contributed by atoms with Crippen molar-refractivity contribution >= 4 is 47.4 Å². The molecule has 0 aromatic heterocycles. The van der Waals surface area contributed by atoms with Crippen LogP contribution in [0.2, 0.25) is 0 Å². The molecule has 298 valence electrons. The summed E-state index contributed by atoms with van der Waals surface area (Å²) in [5.74, 6) is -2.28. The molecule has 17 heteroatoms. The lowest BCUT2D eigenvalue weighted by atomic mass is 9.74. The van der Waals surface area contributed by atoms with Crippen LogP contribution in [-0.4, -0.2) is 90.0 Å². The van der Waals surface area contributed by atoms with Crippen molar-refractivity contribution in [3.8, 4) is 18.2 Å². The molecule has 16 nitrogen and oxygen atoms in total. The normalized spacial score (nSPS) is 42.5. The summed E-state index contributed by atoms with van der Waals surface area (Å²) >= 11 is 5.53. The van der Waals surface area contributed by atoms with Gasteiger partial charge in [-0.25, -0.2) is 4.79 Å². The number of alkyl halides is 1. The molecule has 0 radical (unpaired) electrons. The van der Waals surface area contributed by atoms with Gasteiger partial charge in [0.25, 0.3) is 0 Å². The molecule has 9 aliphatic rings. The van der Waals surface area contributed by atoms with E-state index in [0.717, 1.165) is 12.8 Å². The molecule has 15 atom stereocenters. The fourth-order valence-electron chi connectivity index (χ4n) is 10.9. The second-order valence-electron chi connectivity index (χ2n) is 16.5. The maximum Gasteiger partial charge on any atom is 0.333 e. The second-order valence-corrected chi connectivity index (χ2v) is 16.9. The third kappa shape index (κ3) is 6.01. The Morgan fingerprint density at radius 3 is 1.59 bits per heavy atom. The number of rotatable bonds is 10. The fraction of sp³-hybridized carbons (Fsp3) is 0.718. The molecular weight excluding hydrogens is 754 g/mol. The standard InChI is InChI=1S/C17H19NO6.C13H14ClNO4.C9H9NO3/c1-9(2)15(20)22-5-3-4-12(19)23-13-10-6-11-14(13)24-16(21)17(11,7-10)8-18;14-3-1-2-9(16)18-10-7-4-8-11(10)19-12(17)13(8,5-7)6-15;10-3-9-2-4-1-5(9)7(6(4)11)13-8(9)12/h10-11,13-14H,1,3-7H2,2H3;7-8,10-11H,1-5H2;4-7,11H,1-2H2. The number of hydrogen-bond donors (Lipinski definition) is 1. The van der Waals surface area contributed by atoms with Crippen molar-refractivity contribution in [3.63, 3.8) is 0 Å². The van der Waals surface area contributed by atoms with E-state index in [1.54, 1.807) is 6.92 Å². The lowest BCUT2D eigenvalue weighted by Crippen LogP contribution is -2.39. The third-order valence-corrected chi connectivity index (χ3v) is 13.8. The van der Waals surface area contributed by atoms with Crippen LogP contribution in [0.4, 0.5) is 0 Å². The van der Waals surface area contributed by atoms with E-state index in [9.17, 15) is 44.4 Å². The van der Waals surface area contributed by atoms with Crippen LogP contribution in [0.25, 0.3) is 0 Å². The van der Waals surface area contributed by atoms with Crippen molar-refractivity contribution < 1.29 is 62.3 Å². The summed E-state index contributed by atoms with van der Waals surface area (Å²) in [5.41, 5.74) is -2.61. The number of esters is 6. The quantitative estimate of drug-likeness (QED) is 0.110. The van der Waals surface area contributed by atoms with Crippen molar-refractivity contribution in [3.05, 3.63) is 12.2 Å². The third-order valence-electron chi connectivity index (χ3n) is 13.5. The molecule has 3 aliphatic heterocycles. The van der Waals surface area contributed by atoms with E-state index in [-0.39, 0.29) is 67.0 Å². The Morgan fingerprint density at radius 2 is 1.16 bits per heavy atom. The Morgan fingerprint density at radius 1 is 0.750 bits per heavy atom. The van der Waals surface area contributed by atoms with Gasteiger partial charge in [-0.2, -0.15) is 15.8 Å². The van der Waals surface area contributed by atoms with E-state index < -0.39 is 76.6 Å². The van der Waals surface area contributed by atoms with Gasteiger partial charge in [0.2, 0.25) is 0 Å². The van der Waals surface area contributed by atoms with Crippen LogP contribution in [0.1, 0.15) is 71.1 Å². The first kappa shape index (κ1) is 39.5. The number of carbonyl (C=O) groups is 6. The molecule has 0 spiro atoms. The van der Waals surface area contributed by atoms with Gasteiger partial charge in [0.15, 0.2) is 16.2 Å². The van der Waals surface area contributed by atoms with Crippen LogP contribution < -0.4 is 0 Å². The van der Waals surface area contributed by atoms with Crippen LogP contribution in [0.5, 0.6) is 0 Å². The van der Waals surface area contributed by atoms with Gasteiger partial charge in [0.1, 0.15) is 30.5 Å². The van der Waals surface area contributed by atoms with Gasteiger partial charge in [-0.15, -0.1) is 11.6 Å². The van der Waals surface area contributed by atoms with E-state index in [1.807, 2.05) is 0 Å². The molecule has 3 heterocycles. The summed E-state index contributed by atoms with van der Waals surface area (Å²) in [6.07, 6.45) is 2.16. The highest BCUT2D eigenvalue weighted by Crippen LogP contribution is 2.64. The summed E-state index contributed by atoms with van der Waals surface area (Å²) in [7, 11) is 0. The lowest BCUT2D eigenvalue weighted by Gasteiger charge is -2.27. The Kier molecular flexibility index (Phi) is 10.3. The molecular formula is C39H42ClN3O13. The van der Waals surface area contributed by atoms with Gasteiger partial charge >= 0.3 is 35.8 Å². The highest BCUT2D eigenvalue weighted by Gasteiger charge is 2.74. The summed E-state index contributed by atoms with van der Waals surface area (Å²) in [4.78, 5) is 70.1. The zero-order valence-electron chi connectivity index (χ0n) is 30.7. The first-order valence-corrected chi connectivity index (χ1v) is 19.6. The average Bonchev–Trinajstić information content (AvgIpc) is 4.05. The van der Waals surface area contributed by atoms with Gasteiger partial charge < -0.3 is 33.5 Å². The van der Waals surface area contributed by atoms with Gasteiger partial charge in [0.05, 0.1) is 30.9 Å². The molecule has 56 heavy (non-hydrogen) atoms. The molecule has 1 N–H and O–H groups in total. The van der Waals surface area contributed by atoms with Crippen LogP contribution in [0.15, 0.2) is 12.2 Å². The molecule has 15 unspecified atom stereocenters. The Labute approximate surface area is 327 Å². The number of carbonyl (C=O) groups excluding carboxylic acids is 6. The Bertz CT molecular complexity index is 1870. The largest absolute Gasteiger partial charge is 0.462 e. The topological polar surface area (TPSA) is 249 Å². The van der Waals surface area contributed by atoms with Crippen molar-refractivity contribution in [2.75, 3.05) is 12.5 Å². The lowest BCUT2D eigenvalue weighted by molar-refractivity contribution is -0.162. The van der Waals surface area contributed by atoms with E-state index >= 15 is 0 Å². The minimum Gasteiger partial charge on any atom is -0.462 e. The zero-order chi connectivity index (χ0) is 40.3. The molecule has 6 aliphatic carbocycles. The number of halogens is 1. The summed E-state index contributed by atoms with van der Waals surface area (Å²) in [5, 5.41) is 37.2. The number of nitriles is 3. The number of aliphatic hydroxyl groups is 1. The van der Waals surface area contributed by atoms with Crippen LogP contribution in [0.3, 0.4) is 0 Å². The van der Waals surface area contributed by atoms with E-state index in [2.05, 4.69) is 24.8 Å². The monoisotopic (exact) mass is 795 g/mol. The smallest absolute Gasteiger partial charge is 0.333 e. The number of hydrogen-bond acceptors (Lipinski definition) is 16. The van der Waals surface area contributed by atoms with Crippen molar-refractivity contribution in [2.45, 2.75) is 108 Å². The molecule has 0 aromatic rings. The summed E-state index contributed by atoms with van der Waals surface area (Å²) in [6, 6.07) is 6.33. The van der Waals surface area contributed by atoms with E-state index in [4.69, 9.17) is 45.3 Å². The Balaban J connectivity index is 0.000000134. The van der Waals surface area contributed by atoms with Gasteiger partial charge in [-0.05, 0) is 64.2 Å². The summed E-state index contributed by atoms with van der Waals surface area (Å²) < 4.78 is 31.5. The predicted octanol–water partition coefficient (Wildman–Crippen LogP) is 2.49. The van der Waals surface area contributed by atoms with Crippen molar-refractivity contribution in [1.29, 1.82) is 15.8 Å². The second kappa shape index (κ2) is 14.7. The molecule has 6 saturated carbocycles. The molecule has 9 fully saturated rings. The molecule has 0 amide bonds. The maximum atomic E-state index is 12.0. The SMILES string of the molecule is C=C(C)C(=O)OCCCC(=O)OC1C2CC3C1OC(=O)C3(C#N)C2.N#CC12CC3CC1C(OC2=O)C3O.N#CC12CC3CC1C(OC2=O)C3OC(=O)CCCCl. The van der Waals surface area contributed by atoms with Crippen molar-refractivity contribution in [2.24, 2.45) is 51.8 Å². The number of fused-ring (bicyclic) bond motifs is 3. The maximum absolute atomic E-state index is 12.0. The van der Waals surface area contributed by atoms with Gasteiger partial charge in [0, 0.05) is 53.9 Å². The van der Waals surface area contributed by atoms with Crippen LogP contribution in [-0.2, 0) is 57.2 Å². The van der Waals surface area contributed by atoms with Crippen LogP contribution >= 0.6 is 11.6 Å². The fourth-order valence-corrected chi connectivity index (χ4v) is 11.0. The molecule has 6 bridgehead atoms. The Hall–Kier alpha value is -4.72.